The van der Waals surface area contributed by atoms with Crippen LogP contribution < -0.4 is 4.74 Å². The topological polar surface area (TPSA) is 60.9 Å². The van der Waals surface area contributed by atoms with Gasteiger partial charge >= 0.3 is 5.97 Å². The number of fused-ring (bicyclic) bond motifs is 3. The van der Waals surface area contributed by atoms with E-state index in [4.69, 9.17) is 14.2 Å². The molecule has 1 fully saturated rings. The minimum absolute atomic E-state index is 0.343. The Kier molecular flexibility index (Phi) is 5.43. The number of carbonyl (C=O) groups is 1. The minimum atomic E-state index is -0.343. The quantitative estimate of drug-likeness (QED) is 0.456. The van der Waals surface area contributed by atoms with Crippen LogP contribution in [0.25, 0.3) is 11.3 Å². The zero-order valence-corrected chi connectivity index (χ0v) is 16.8. The molecular weight excluding hydrogens is 412 g/mol. The van der Waals surface area contributed by atoms with E-state index < -0.39 is 0 Å². The first-order valence-electron chi connectivity index (χ1n) is 8.99. The molecule has 1 aromatic carbocycles. The fourth-order valence-corrected chi connectivity index (χ4v) is 3.99. The summed E-state index contributed by atoms with van der Waals surface area (Å²) in [6.45, 7) is 5.04. The van der Waals surface area contributed by atoms with E-state index in [0.29, 0.717) is 23.2 Å². The van der Waals surface area contributed by atoms with Gasteiger partial charge in [0.25, 0.3) is 0 Å². The molecule has 0 amide bonds. The van der Waals surface area contributed by atoms with E-state index in [0.717, 1.165) is 61.0 Å². The van der Waals surface area contributed by atoms with Crippen molar-refractivity contribution in [3.63, 3.8) is 0 Å². The number of carbonyl (C=O) groups excluding carboxylic acids is 1. The molecule has 0 saturated carbocycles. The van der Waals surface area contributed by atoms with Gasteiger partial charge in [-0.3, -0.25) is 4.90 Å². The van der Waals surface area contributed by atoms with Gasteiger partial charge in [-0.05, 0) is 51.3 Å². The van der Waals surface area contributed by atoms with Gasteiger partial charge in [-0.1, -0.05) is 0 Å². The number of morpholine rings is 1. The first-order chi connectivity index (χ1) is 13.2. The lowest BCUT2D eigenvalue weighted by Crippen LogP contribution is -2.38. The summed E-state index contributed by atoms with van der Waals surface area (Å²) in [5.74, 6) is 0.498. The van der Waals surface area contributed by atoms with Crippen molar-refractivity contribution in [3.8, 4) is 17.0 Å². The van der Waals surface area contributed by atoms with Crippen LogP contribution in [0.2, 0.25) is 0 Å². The summed E-state index contributed by atoms with van der Waals surface area (Å²) in [5.41, 5.74) is 4.45. The van der Waals surface area contributed by atoms with E-state index in [9.17, 15) is 4.79 Å². The zero-order valence-electron chi connectivity index (χ0n) is 15.2. The van der Waals surface area contributed by atoms with Crippen molar-refractivity contribution in [1.29, 1.82) is 0 Å². The fourth-order valence-electron chi connectivity index (χ4n) is 3.58. The third-order valence-corrected chi connectivity index (χ3v) is 5.38. The van der Waals surface area contributed by atoms with Crippen molar-refractivity contribution < 1.29 is 19.0 Å². The summed E-state index contributed by atoms with van der Waals surface area (Å²) in [6, 6.07) is 7.75. The first-order valence-corrected chi connectivity index (χ1v) is 9.79. The van der Waals surface area contributed by atoms with E-state index in [-0.39, 0.29) is 5.97 Å². The maximum atomic E-state index is 12.1. The summed E-state index contributed by atoms with van der Waals surface area (Å²) in [5, 5.41) is 0. The van der Waals surface area contributed by atoms with Crippen LogP contribution in [0.15, 0.2) is 28.9 Å². The van der Waals surface area contributed by atoms with Crippen molar-refractivity contribution in [3.05, 3.63) is 45.6 Å². The number of nitrogens with zero attached hydrogens (tertiary/aromatic N) is 2. The third kappa shape index (κ3) is 3.85. The minimum Gasteiger partial charge on any atom is -0.492 e. The Labute approximate surface area is 166 Å². The van der Waals surface area contributed by atoms with Gasteiger partial charge in [0, 0.05) is 31.6 Å². The molecule has 0 unspecified atom stereocenters. The number of hydrogen-bond acceptors (Lipinski definition) is 6. The zero-order chi connectivity index (χ0) is 18.8. The second-order valence-corrected chi connectivity index (χ2v) is 7.42. The summed E-state index contributed by atoms with van der Waals surface area (Å²) >= 11 is 3.39. The van der Waals surface area contributed by atoms with Gasteiger partial charge in [-0.2, -0.15) is 0 Å². The van der Waals surface area contributed by atoms with Gasteiger partial charge in [0.15, 0.2) is 0 Å². The van der Waals surface area contributed by atoms with Crippen LogP contribution in [0.4, 0.5) is 0 Å². The highest BCUT2D eigenvalue weighted by Crippen LogP contribution is 2.39. The lowest BCUT2D eigenvalue weighted by Gasteiger charge is -2.26. The number of methoxy groups -OCH3 is 1. The van der Waals surface area contributed by atoms with E-state index in [2.05, 4.69) is 25.8 Å². The average Bonchev–Trinajstić information content (AvgIpc) is 3.05. The maximum Gasteiger partial charge on any atom is 0.338 e. The lowest BCUT2D eigenvalue weighted by molar-refractivity contribution is 0.0322. The molecule has 1 aliphatic heterocycles. The van der Waals surface area contributed by atoms with E-state index in [1.54, 1.807) is 6.07 Å². The monoisotopic (exact) mass is 432 g/mol. The van der Waals surface area contributed by atoms with Crippen LogP contribution in [0, 0.1) is 0 Å². The van der Waals surface area contributed by atoms with Gasteiger partial charge in [0.05, 0.1) is 31.6 Å². The predicted octanol–water partition coefficient (Wildman–Crippen LogP) is 2.91. The molecule has 7 heteroatoms. The lowest BCUT2D eigenvalue weighted by atomic mass is 10.1. The van der Waals surface area contributed by atoms with Crippen molar-refractivity contribution in [2.75, 3.05) is 46.6 Å². The predicted molar refractivity (Wildman–Crippen MR) is 104 cm³/mol. The molecule has 142 valence electrons. The highest BCUT2D eigenvalue weighted by atomic mass is 79.9. The van der Waals surface area contributed by atoms with Gasteiger partial charge in [-0.15, -0.1) is 0 Å². The standard InChI is InChI=1S/C20H21BrN2O4/c1-25-20(24)17-12-18(21)22-19-15-3-2-14(10-13(15)11-16(17)19)27-9-6-23-4-7-26-8-5-23/h2-3,10,12H,4-9,11H2,1H3. The van der Waals surface area contributed by atoms with Gasteiger partial charge in [-0.25, -0.2) is 9.78 Å². The number of pyridine rings is 1. The molecule has 6 nitrogen and oxygen atoms in total. The van der Waals surface area contributed by atoms with E-state index >= 15 is 0 Å². The molecule has 4 rings (SSSR count). The van der Waals surface area contributed by atoms with Crippen molar-refractivity contribution in [2.45, 2.75) is 6.42 Å². The van der Waals surface area contributed by atoms with E-state index in [1.165, 1.54) is 7.11 Å². The van der Waals surface area contributed by atoms with Crippen molar-refractivity contribution >= 4 is 21.9 Å². The molecule has 1 saturated heterocycles. The van der Waals surface area contributed by atoms with Gasteiger partial charge in [0.1, 0.15) is 17.0 Å². The summed E-state index contributed by atoms with van der Waals surface area (Å²) in [4.78, 5) is 19.0. The maximum absolute atomic E-state index is 12.1. The molecule has 0 atom stereocenters. The molecule has 0 bridgehead atoms. The van der Waals surface area contributed by atoms with Crippen molar-refractivity contribution in [2.24, 2.45) is 0 Å². The molecule has 1 aliphatic carbocycles. The van der Waals surface area contributed by atoms with Crippen LogP contribution in [-0.4, -0.2) is 62.4 Å². The Morgan fingerprint density at radius 2 is 2.11 bits per heavy atom. The smallest absolute Gasteiger partial charge is 0.338 e. The number of rotatable bonds is 5. The Balaban J connectivity index is 1.49. The number of aromatic nitrogens is 1. The number of halogens is 1. The van der Waals surface area contributed by atoms with Crippen LogP contribution >= 0.6 is 15.9 Å². The fraction of sp³-hybridized carbons (Fsp3) is 0.400. The van der Waals surface area contributed by atoms with Gasteiger partial charge in [0.2, 0.25) is 0 Å². The number of benzene rings is 1. The number of hydrogen-bond donors (Lipinski definition) is 0. The third-order valence-electron chi connectivity index (χ3n) is 4.98. The molecule has 1 aromatic heterocycles. The molecular formula is C20H21BrN2O4. The Morgan fingerprint density at radius 3 is 2.89 bits per heavy atom. The largest absolute Gasteiger partial charge is 0.492 e. The molecule has 0 radical (unpaired) electrons. The molecule has 2 aliphatic rings. The normalized spacial score (nSPS) is 15.9. The Hall–Kier alpha value is -1.96. The second-order valence-electron chi connectivity index (χ2n) is 6.61. The number of ether oxygens (including phenoxy) is 3. The van der Waals surface area contributed by atoms with Crippen LogP contribution in [-0.2, 0) is 15.9 Å². The van der Waals surface area contributed by atoms with E-state index in [1.807, 2.05) is 18.2 Å². The SMILES string of the molecule is COC(=O)c1cc(Br)nc2c1Cc1cc(OCCN3CCOCC3)ccc1-2. The molecule has 0 spiro atoms. The summed E-state index contributed by atoms with van der Waals surface area (Å²) < 4.78 is 16.9. The second kappa shape index (κ2) is 7.96. The number of esters is 1. The first kappa shape index (κ1) is 18.4. The van der Waals surface area contributed by atoms with Crippen LogP contribution in [0.5, 0.6) is 5.75 Å². The summed E-state index contributed by atoms with van der Waals surface area (Å²) in [7, 11) is 1.39. The Morgan fingerprint density at radius 1 is 1.30 bits per heavy atom. The molecule has 2 aromatic rings. The highest BCUT2D eigenvalue weighted by molar-refractivity contribution is 9.10. The summed E-state index contributed by atoms with van der Waals surface area (Å²) in [6.07, 6.45) is 0.649. The molecule has 27 heavy (non-hydrogen) atoms. The average molecular weight is 433 g/mol. The molecule has 0 N–H and O–H groups in total. The van der Waals surface area contributed by atoms with Gasteiger partial charge < -0.3 is 14.2 Å². The highest BCUT2D eigenvalue weighted by Gasteiger charge is 2.27. The van der Waals surface area contributed by atoms with Crippen LogP contribution in [0.3, 0.4) is 0 Å². The molecule has 2 heterocycles. The van der Waals surface area contributed by atoms with Crippen LogP contribution in [0.1, 0.15) is 21.5 Å². The Bertz CT molecular complexity index is 865. The van der Waals surface area contributed by atoms with Crippen molar-refractivity contribution in [1.82, 2.24) is 9.88 Å².